The number of fused-ring (bicyclic) bond motifs is 1. The smallest absolute Gasteiger partial charge is 0.263 e. The monoisotopic (exact) mass is 378 g/mol. The second-order valence-corrected chi connectivity index (χ2v) is 8.10. The van der Waals surface area contributed by atoms with Gasteiger partial charge in [-0.2, -0.15) is 0 Å². The lowest BCUT2D eigenvalue weighted by molar-refractivity contribution is -0.115. The molecule has 1 saturated heterocycles. The van der Waals surface area contributed by atoms with Crippen molar-refractivity contribution < 1.29 is 4.79 Å². The number of aryl methyl sites for hydroxylation is 1. The average molecular weight is 379 g/mol. The number of benzene rings is 2. The zero-order valence-corrected chi connectivity index (χ0v) is 16.2. The topological polar surface area (TPSA) is 34.0 Å². The van der Waals surface area contributed by atoms with Crippen molar-refractivity contribution in [2.24, 2.45) is 0 Å². The lowest BCUT2D eigenvalue weighted by atomic mass is 10.1. The Balaban J connectivity index is 1.87. The molecule has 4 rings (SSSR count). The maximum absolute atomic E-state index is 12.1. The fraction of sp³-hybridized carbons (Fsp3) is 0.143. The van der Waals surface area contributed by atoms with Crippen LogP contribution in [0.2, 0.25) is 0 Å². The second-order valence-electron chi connectivity index (χ2n) is 6.38. The highest BCUT2D eigenvalue weighted by Crippen LogP contribution is 2.33. The van der Waals surface area contributed by atoms with Gasteiger partial charge in [0.15, 0.2) is 0 Å². The molecule has 2 aromatic carbocycles. The van der Waals surface area contributed by atoms with Gasteiger partial charge < -0.3 is 9.88 Å². The quantitative estimate of drug-likeness (QED) is 0.525. The summed E-state index contributed by atoms with van der Waals surface area (Å²) in [6, 6.07) is 16.8. The Kier molecular flexibility index (Phi) is 4.42. The van der Waals surface area contributed by atoms with E-state index in [1.807, 2.05) is 12.1 Å². The van der Waals surface area contributed by atoms with Gasteiger partial charge in [-0.15, -0.1) is 0 Å². The molecular formula is C21H18N2OS2. The number of hydrogen-bond donors (Lipinski definition) is 1. The van der Waals surface area contributed by atoms with Crippen molar-refractivity contribution in [2.45, 2.75) is 20.4 Å². The maximum atomic E-state index is 12.1. The molecule has 0 aliphatic carbocycles. The van der Waals surface area contributed by atoms with Crippen LogP contribution in [0.1, 0.15) is 22.4 Å². The minimum Gasteiger partial charge on any atom is -0.340 e. The van der Waals surface area contributed by atoms with E-state index in [9.17, 15) is 4.79 Å². The van der Waals surface area contributed by atoms with E-state index in [0.29, 0.717) is 9.23 Å². The Morgan fingerprint density at radius 3 is 2.58 bits per heavy atom. The van der Waals surface area contributed by atoms with Gasteiger partial charge in [0, 0.05) is 28.7 Å². The number of thioether (sulfide) groups is 1. The molecule has 0 bridgehead atoms. The van der Waals surface area contributed by atoms with Crippen LogP contribution in [-0.2, 0) is 11.3 Å². The molecule has 1 aliphatic rings. The number of nitrogens with one attached hydrogen (secondary N) is 1. The molecule has 0 radical (unpaired) electrons. The molecule has 2 heterocycles. The van der Waals surface area contributed by atoms with E-state index in [4.69, 9.17) is 12.2 Å². The van der Waals surface area contributed by atoms with Crippen LogP contribution in [0.5, 0.6) is 0 Å². The summed E-state index contributed by atoms with van der Waals surface area (Å²) >= 11 is 6.43. The third-order valence-corrected chi connectivity index (χ3v) is 5.95. The molecule has 5 heteroatoms. The first-order chi connectivity index (χ1) is 12.5. The van der Waals surface area contributed by atoms with Gasteiger partial charge >= 0.3 is 0 Å². The number of hydrogen-bond acceptors (Lipinski definition) is 3. The number of para-hydroxylation sites is 1. The number of carbonyl (C=O) groups is 1. The van der Waals surface area contributed by atoms with Gasteiger partial charge in [-0.1, -0.05) is 66.4 Å². The van der Waals surface area contributed by atoms with Crippen LogP contribution in [0, 0.1) is 13.8 Å². The molecule has 1 N–H and O–H groups in total. The molecule has 0 atom stereocenters. The predicted octanol–water partition coefficient (Wildman–Crippen LogP) is 4.80. The SMILES string of the molecule is Cc1ccccc1Cn1c(C)c(C=C2SC(=S)NC2=O)c2ccccc21. The van der Waals surface area contributed by atoms with Gasteiger partial charge in [-0.3, -0.25) is 4.79 Å². The van der Waals surface area contributed by atoms with Gasteiger partial charge in [-0.25, -0.2) is 0 Å². The third kappa shape index (κ3) is 2.97. The first-order valence-corrected chi connectivity index (χ1v) is 9.64. The van der Waals surface area contributed by atoms with Crippen LogP contribution < -0.4 is 5.32 Å². The number of carbonyl (C=O) groups excluding carboxylic acids is 1. The normalized spacial score (nSPS) is 15.8. The number of aromatic nitrogens is 1. The average Bonchev–Trinajstić information content (AvgIpc) is 3.08. The molecule has 1 aliphatic heterocycles. The summed E-state index contributed by atoms with van der Waals surface area (Å²) in [7, 11) is 0. The summed E-state index contributed by atoms with van der Waals surface area (Å²) in [5, 5.41) is 3.84. The molecular weight excluding hydrogens is 360 g/mol. The molecule has 1 aromatic heterocycles. The van der Waals surface area contributed by atoms with Gasteiger partial charge in [0.2, 0.25) is 0 Å². The van der Waals surface area contributed by atoms with E-state index < -0.39 is 0 Å². The van der Waals surface area contributed by atoms with E-state index >= 15 is 0 Å². The van der Waals surface area contributed by atoms with Gasteiger partial charge in [0.1, 0.15) is 4.32 Å². The highest BCUT2D eigenvalue weighted by molar-refractivity contribution is 8.26. The summed E-state index contributed by atoms with van der Waals surface area (Å²) < 4.78 is 2.84. The van der Waals surface area contributed by atoms with Gasteiger partial charge in [-0.05, 0) is 37.1 Å². The van der Waals surface area contributed by atoms with Crippen molar-refractivity contribution >= 4 is 51.2 Å². The van der Waals surface area contributed by atoms with Crippen LogP contribution in [0.15, 0.2) is 53.4 Å². The Hall–Kier alpha value is -2.37. The molecule has 3 aromatic rings. The molecule has 26 heavy (non-hydrogen) atoms. The van der Waals surface area contributed by atoms with E-state index in [-0.39, 0.29) is 5.91 Å². The van der Waals surface area contributed by atoms with Crippen molar-refractivity contribution in [1.82, 2.24) is 9.88 Å². The summed E-state index contributed by atoms with van der Waals surface area (Å²) in [4.78, 5) is 12.7. The lowest BCUT2D eigenvalue weighted by Crippen LogP contribution is -2.17. The lowest BCUT2D eigenvalue weighted by Gasteiger charge is -2.11. The van der Waals surface area contributed by atoms with Gasteiger partial charge in [0.05, 0.1) is 4.91 Å². The summed E-state index contributed by atoms with van der Waals surface area (Å²) in [6.07, 6.45) is 1.96. The zero-order valence-electron chi connectivity index (χ0n) is 14.6. The molecule has 1 amide bonds. The molecule has 130 valence electrons. The van der Waals surface area contributed by atoms with Crippen LogP contribution in [0.3, 0.4) is 0 Å². The highest BCUT2D eigenvalue weighted by atomic mass is 32.2. The molecule has 0 saturated carbocycles. The summed E-state index contributed by atoms with van der Waals surface area (Å²) in [5.74, 6) is -0.116. The fourth-order valence-corrected chi connectivity index (χ4v) is 4.38. The van der Waals surface area contributed by atoms with Crippen LogP contribution in [0.4, 0.5) is 0 Å². The fourth-order valence-electron chi connectivity index (χ4n) is 3.35. The minimum absolute atomic E-state index is 0.116. The minimum atomic E-state index is -0.116. The first kappa shape index (κ1) is 17.1. The van der Waals surface area contributed by atoms with Crippen LogP contribution >= 0.6 is 24.0 Å². The second kappa shape index (κ2) is 6.74. The Morgan fingerprint density at radius 2 is 1.85 bits per heavy atom. The van der Waals surface area contributed by atoms with Crippen molar-refractivity contribution in [3.63, 3.8) is 0 Å². The summed E-state index contributed by atoms with van der Waals surface area (Å²) in [5.41, 5.74) is 5.97. The number of amides is 1. The zero-order chi connectivity index (χ0) is 18.3. The van der Waals surface area contributed by atoms with Crippen molar-refractivity contribution in [2.75, 3.05) is 0 Å². The maximum Gasteiger partial charge on any atom is 0.263 e. The van der Waals surface area contributed by atoms with E-state index in [2.05, 4.69) is 66.2 Å². The Morgan fingerprint density at radius 1 is 1.12 bits per heavy atom. The predicted molar refractivity (Wildman–Crippen MR) is 113 cm³/mol. The van der Waals surface area contributed by atoms with Crippen molar-refractivity contribution in [3.8, 4) is 0 Å². The standard InChI is InChI=1S/C21H18N2OS2/c1-13-7-3-4-8-15(13)12-23-14(2)17(16-9-5-6-10-18(16)23)11-19-20(24)22-21(25)26-19/h3-11H,12H2,1-2H3,(H,22,24,25). The number of rotatable bonds is 3. The Labute approximate surface area is 162 Å². The van der Waals surface area contributed by atoms with E-state index in [0.717, 1.165) is 23.2 Å². The van der Waals surface area contributed by atoms with Gasteiger partial charge in [0.25, 0.3) is 5.91 Å². The first-order valence-electron chi connectivity index (χ1n) is 8.42. The van der Waals surface area contributed by atoms with Crippen molar-refractivity contribution in [3.05, 3.63) is 75.8 Å². The third-order valence-electron chi connectivity index (χ3n) is 4.79. The largest absolute Gasteiger partial charge is 0.340 e. The molecule has 0 spiro atoms. The van der Waals surface area contributed by atoms with Crippen LogP contribution in [0.25, 0.3) is 17.0 Å². The number of nitrogens with zero attached hydrogens (tertiary/aromatic N) is 1. The summed E-state index contributed by atoms with van der Waals surface area (Å²) in [6.45, 7) is 5.06. The van der Waals surface area contributed by atoms with E-state index in [1.54, 1.807) is 0 Å². The Bertz CT molecular complexity index is 1080. The van der Waals surface area contributed by atoms with Crippen molar-refractivity contribution in [1.29, 1.82) is 0 Å². The molecule has 3 nitrogen and oxygen atoms in total. The number of thiocarbonyl (C=S) groups is 1. The van der Waals surface area contributed by atoms with E-state index in [1.165, 1.54) is 28.4 Å². The highest BCUT2D eigenvalue weighted by Gasteiger charge is 2.23. The molecule has 1 fully saturated rings. The molecule has 0 unspecified atom stereocenters. The van der Waals surface area contributed by atoms with Crippen LogP contribution in [-0.4, -0.2) is 14.8 Å².